The molecule has 0 aromatic carbocycles. The minimum absolute atomic E-state index is 0.0802. The van der Waals surface area contributed by atoms with Gasteiger partial charge in [-0.2, -0.15) is 0 Å². The Morgan fingerprint density at radius 1 is 1.15 bits per heavy atom. The lowest BCUT2D eigenvalue weighted by molar-refractivity contribution is -0.137. The first-order valence-electron chi connectivity index (χ1n) is 9.91. The normalized spacial score (nSPS) is 28.8. The number of unbranched alkanes of at least 4 members (excludes halogenated alkanes) is 3. The van der Waals surface area contributed by atoms with Crippen LogP contribution in [-0.4, -0.2) is 44.2 Å². The van der Waals surface area contributed by atoms with Gasteiger partial charge in [-0.3, -0.25) is 4.79 Å². The van der Waals surface area contributed by atoms with Gasteiger partial charge in [-0.05, 0) is 38.5 Å². The third kappa shape index (κ3) is 8.47. The van der Waals surface area contributed by atoms with Crippen molar-refractivity contribution in [2.75, 3.05) is 0 Å². The summed E-state index contributed by atoms with van der Waals surface area (Å²) in [7, 11) is 0. The Hall–Kier alpha value is -1.17. The molecule has 1 aliphatic rings. The number of hydrogen-bond donors (Lipinski definition) is 4. The molecule has 0 aliphatic heterocycles. The van der Waals surface area contributed by atoms with Gasteiger partial charge in [0, 0.05) is 18.8 Å². The average molecular weight is 369 g/mol. The quantitative estimate of drug-likeness (QED) is 0.312. The van der Waals surface area contributed by atoms with E-state index in [9.17, 15) is 20.1 Å². The maximum atomic E-state index is 10.5. The SMILES string of the molecule is CCCCC[C@](C)(O)C=C[C@H]1[C@@H](CC=CCCCC(=O)O)[C@@H](O)C[C@H]1O. The van der Waals surface area contributed by atoms with Crippen LogP contribution >= 0.6 is 0 Å². The number of allylic oxidation sites excluding steroid dienone is 2. The summed E-state index contributed by atoms with van der Waals surface area (Å²) in [4.78, 5) is 10.5. The van der Waals surface area contributed by atoms with Crippen LogP contribution in [0, 0.1) is 11.8 Å². The number of aliphatic hydroxyl groups is 3. The van der Waals surface area contributed by atoms with E-state index in [0.29, 0.717) is 32.1 Å². The molecule has 0 amide bonds. The Morgan fingerprint density at radius 2 is 1.88 bits per heavy atom. The molecule has 1 rings (SSSR count). The largest absolute Gasteiger partial charge is 0.481 e. The molecule has 0 radical (unpaired) electrons. The molecule has 0 bridgehead atoms. The van der Waals surface area contributed by atoms with Gasteiger partial charge in [0.1, 0.15) is 0 Å². The predicted molar refractivity (Wildman–Crippen MR) is 103 cm³/mol. The summed E-state index contributed by atoms with van der Waals surface area (Å²) < 4.78 is 0. The number of hydrogen-bond acceptors (Lipinski definition) is 4. The summed E-state index contributed by atoms with van der Waals surface area (Å²) in [5.41, 5.74) is -0.889. The van der Waals surface area contributed by atoms with Crippen molar-refractivity contribution in [2.24, 2.45) is 11.8 Å². The smallest absolute Gasteiger partial charge is 0.303 e. The Bertz CT molecular complexity index is 469. The van der Waals surface area contributed by atoms with Crippen molar-refractivity contribution >= 4 is 5.97 Å². The summed E-state index contributed by atoms with van der Waals surface area (Å²) in [6, 6.07) is 0. The molecule has 0 unspecified atom stereocenters. The second-order valence-electron chi connectivity index (χ2n) is 7.78. The molecule has 5 heteroatoms. The lowest BCUT2D eigenvalue weighted by Crippen LogP contribution is -2.24. The zero-order valence-electron chi connectivity index (χ0n) is 16.2. The molecule has 0 saturated heterocycles. The summed E-state index contributed by atoms with van der Waals surface area (Å²) in [5.74, 6) is -1.04. The van der Waals surface area contributed by atoms with Crippen LogP contribution in [0.15, 0.2) is 24.3 Å². The highest BCUT2D eigenvalue weighted by atomic mass is 16.4. The van der Waals surface area contributed by atoms with Crippen molar-refractivity contribution in [3.05, 3.63) is 24.3 Å². The van der Waals surface area contributed by atoms with E-state index < -0.39 is 23.8 Å². The fourth-order valence-electron chi connectivity index (χ4n) is 3.58. The zero-order valence-corrected chi connectivity index (χ0v) is 16.2. The van der Waals surface area contributed by atoms with Crippen molar-refractivity contribution in [1.82, 2.24) is 0 Å². The fraction of sp³-hybridized carbons (Fsp3) is 0.762. The standard InChI is InChI=1S/C21H36O5/c1-3-4-9-13-21(2,26)14-12-17-16(18(22)15-19(17)23)10-7-5-6-8-11-20(24)25/h5,7,12,14,16-19,22-23,26H,3-4,6,8-11,13,15H2,1-2H3,(H,24,25)/t16-,17+,18+,19-,21+/m1/s1. The third-order valence-electron chi connectivity index (χ3n) is 5.22. The molecular weight excluding hydrogens is 332 g/mol. The topological polar surface area (TPSA) is 98.0 Å². The van der Waals surface area contributed by atoms with E-state index in [4.69, 9.17) is 5.11 Å². The molecule has 0 aromatic rings. The number of carboxylic acids is 1. The second kappa shape index (κ2) is 11.5. The van der Waals surface area contributed by atoms with Crippen molar-refractivity contribution in [3.8, 4) is 0 Å². The molecule has 150 valence electrons. The summed E-state index contributed by atoms with van der Waals surface area (Å²) in [5, 5.41) is 39.6. The van der Waals surface area contributed by atoms with E-state index in [1.54, 1.807) is 13.0 Å². The van der Waals surface area contributed by atoms with E-state index in [1.165, 1.54) is 0 Å². The Morgan fingerprint density at radius 3 is 2.54 bits per heavy atom. The van der Waals surface area contributed by atoms with Gasteiger partial charge in [-0.25, -0.2) is 0 Å². The number of carbonyl (C=O) groups is 1. The van der Waals surface area contributed by atoms with Crippen LogP contribution in [-0.2, 0) is 4.79 Å². The monoisotopic (exact) mass is 368 g/mol. The highest BCUT2D eigenvalue weighted by Gasteiger charge is 2.39. The van der Waals surface area contributed by atoms with Gasteiger partial charge in [0.25, 0.3) is 0 Å². The number of carboxylic acid groups (broad SMARTS) is 1. The van der Waals surface area contributed by atoms with Gasteiger partial charge in [0.15, 0.2) is 0 Å². The van der Waals surface area contributed by atoms with E-state index in [-0.39, 0.29) is 18.3 Å². The van der Waals surface area contributed by atoms with Gasteiger partial charge in [0.05, 0.1) is 17.8 Å². The van der Waals surface area contributed by atoms with Crippen LogP contribution < -0.4 is 0 Å². The molecule has 5 atom stereocenters. The van der Waals surface area contributed by atoms with E-state index in [1.807, 2.05) is 18.2 Å². The van der Waals surface area contributed by atoms with Gasteiger partial charge in [-0.15, -0.1) is 0 Å². The molecule has 1 fully saturated rings. The van der Waals surface area contributed by atoms with Crippen LogP contribution in [0.4, 0.5) is 0 Å². The Kier molecular flexibility index (Phi) is 10.1. The first-order valence-corrected chi connectivity index (χ1v) is 9.91. The fourth-order valence-corrected chi connectivity index (χ4v) is 3.58. The minimum Gasteiger partial charge on any atom is -0.481 e. The number of rotatable bonds is 12. The molecule has 0 aromatic heterocycles. The summed E-state index contributed by atoms with van der Waals surface area (Å²) >= 11 is 0. The lowest BCUT2D eigenvalue weighted by Gasteiger charge is -2.23. The van der Waals surface area contributed by atoms with E-state index in [2.05, 4.69) is 6.92 Å². The van der Waals surface area contributed by atoms with E-state index in [0.717, 1.165) is 19.3 Å². The van der Waals surface area contributed by atoms with Crippen LogP contribution in [0.5, 0.6) is 0 Å². The van der Waals surface area contributed by atoms with E-state index >= 15 is 0 Å². The molecule has 0 spiro atoms. The highest BCUT2D eigenvalue weighted by molar-refractivity contribution is 5.66. The summed E-state index contributed by atoms with van der Waals surface area (Å²) in [6.45, 7) is 3.91. The third-order valence-corrected chi connectivity index (χ3v) is 5.22. The Labute approximate surface area is 157 Å². The molecule has 1 aliphatic carbocycles. The van der Waals surface area contributed by atoms with Crippen LogP contribution in [0.2, 0.25) is 0 Å². The molecule has 26 heavy (non-hydrogen) atoms. The zero-order chi connectivity index (χ0) is 19.6. The number of aliphatic carboxylic acids is 1. The second-order valence-corrected chi connectivity index (χ2v) is 7.78. The van der Waals surface area contributed by atoms with Crippen molar-refractivity contribution in [1.29, 1.82) is 0 Å². The molecule has 4 N–H and O–H groups in total. The average Bonchev–Trinajstić information content (AvgIpc) is 2.82. The molecule has 0 heterocycles. The van der Waals surface area contributed by atoms with Gasteiger partial charge < -0.3 is 20.4 Å². The number of aliphatic hydroxyl groups excluding tert-OH is 2. The Balaban J connectivity index is 2.56. The lowest BCUT2D eigenvalue weighted by atomic mass is 9.88. The van der Waals surface area contributed by atoms with Crippen molar-refractivity contribution in [3.63, 3.8) is 0 Å². The maximum absolute atomic E-state index is 10.5. The van der Waals surface area contributed by atoms with Gasteiger partial charge >= 0.3 is 5.97 Å². The van der Waals surface area contributed by atoms with Crippen molar-refractivity contribution < 1.29 is 25.2 Å². The highest BCUT2D eigenvalue weighted by Crippen LogP contribution is 2.37. The maximum Gasteiger partial charge on any atom is 0.303 e. The van der Waals surface area contributed by atoms with Crippen LogP contribution in [0.25, 0.3) is 0 Å². The summed E-state index contributed by atoms with van der Waals surface area (Å²) in [6.07, 6.45) is 12.7. The predicted octanol–water partition coefficient (Wildman–Crippen LogP) is 3.43. The first-order chi connectivity index (χ1) is 12.3. The minimum atomic E-state index is -0.889. The van der Waals surface area contributed by atoms with Crippen molar-refractivity contribution in [2.45, 2.75) is 89.4 Å². The van der Waals surface area contributed by atoms with Gasteiger partial charge in [0.2, 0.25) is 0 Å². The van der Waals surface area contributed by atoms with Crippen LogP contribution in [0.3, 0.4) is 0 Å². The molecular formula is C21H36O5. The van der Waals surface area contributed by atoms with Crippen LogP contribution in [0.1, 0.15) is 71.6 Å². The first kappa shape index (κ1) is 22.9. The molecule has 5 nitrogen and oxygen atoms in total. The molecule has 1 saturated carbocycles. The van der Waals surface area contributed by atoms with Gasteiger partial charge in [-0.1, -0.05) is 50.5 Å².